The predicted molar refractivity (Wildman–Crippen MR) is 100 cm³/mol. The zero-order valence-corrected chi connectivity index (χ0v) is 18.0. The van der Waals surface area contributed by atoms with Gasteiger partial charge in [0.05, 0.1) is 25.4 Å². The van der Waals surface area contributed by atoms with Gasteiger partial charge in [0.1, 0.15) is 12.4 Å². The van der Waals surface area contributed by atoms with E-state index >= 15 is 0 Å². The smallest absolute Gasteiger partial charge is 0.381 e. The van der Waals surface area contributed by atoms with E-state index in [-0.39, 0.29) is 23.9 Å². The SMILES string of the molecule is CC1CC(COP(=O)(O)OP(=O)(O)OP(=O)(O)O)OC1C1CN=C2C(N)=NC=NN21. The molecule has 0 aromatic heterocycles. The zero-order chi connectivity index (χ0) is 22.3. The van der Waals surface area contributed by atoms with Crippen molar-refractivity contribution in [3.63, 3.8) is 0 Å². The summed E-state index contributed by atoms with van der Waals surface area (Å²) in [4.78, 5) is 43.9. The minimum absolute atomic E-state index is 0.0330. The lowest BCUT2D eigenvalue weighted by Crippen LogP contribution is -2.48. The maximum atomic E-state index is 11.8. The van der Waals surface area contributed by atoms with Gasteiger partial charge in [-0.1, -0.05) is 6.92 Å². The molecule has 19 heteroatoms. The molecule has 6 atom stereocenters. The van der Waals surface area contributed by atoms with Gasteiger partial charge in [0.15, 0.2) is 11.7 Å². The number of ether oxygens (including phenoxy) is 1. The van der Waals surface area contributed by atoms with Crippen molar-refractivity contribution in [3.8, 4) is 0 Å². The number of hydrazone groups is 1. The van der Waals surface area contributed by atoms with E-state index in [2.05, 4.69) is 28.2 Å². The summed E-state index contributed by atoms with van der Waals surface area (Å²) in [6, 6.07) is -0.281. The van der Waals surface area contributed by atoms with Crippen molar-refractivity contribution in [2.24, 2.45) is 26.7 Å². The molecule has 16 nitrogen and oxygen atoms in total. The zero-order valence-electron chi connectivity index (χ0n) is 15.4. The predicted octanol–water partition coefficient (Wildman–Crippen LogP) is -0.480. The first-order valence-corrected chi connectivity index (χ1v) is 12.9. The fourth-order valence-electron chi connectivity index (χ4n) is 3.29. The second-order valence-corrected chi connectivity index (χ2v) is 11.1. The fourth-order valence-corrected chi connectivity index (χ4v) is 6.34. The van der Waals surface area contributed by atoms with Crippen LogP contribution in [0, 0.1) is 5.92 Å². The van der Waals surface area contributed by atoms with Crippen LogP contribution < -0.4 is 5.73 Å². The first-order valence-electron chi connectivity index (χ1n) is 8.40. The van der Waals surface area contributed by atoms with E-state index in [1.807, 2.05) is 6.92 Å². The molecule has 0 amide bonds. The van der Waals surface area contributed by atoms with Crippen molar-refractivity contribution in [1.29, 1.82) is 0 Å². The minimum atomic E-state index is -5.56. The highest BCUT2D eigenvalue weighted by atomic mass is 31.3. The number of phosphoric acid groups is 3. The van der Waals surface area contributed by atoms with Crippen molar-refractivity contribution < 1.29 is 51.2 Å². The Morgan fingerprint density at radius 1 is 1.23 bits per heavy atom. The Balaban J connectivity index is 1.55. The molecule has 170 valence electrons. The van der Waals surface area contributed by atoms with Crippen LogP contribution in [0.4, 0.5) is 0 Å². The van der Waals surface area contributed by atoms with Gasteiger partial charge in [-0.05, 0) is 12.3 Å². The summed E-state index contributed by atoms with van der Waals surface area (Å²) in [5.74, 6) is 0.617. The fraction of sp³-hybridized carbons (Fsp3) is 0.727. The standard InChI is InChI=1S/C11H20N5O11P3/c1-6-2-7(4-24-29(20,21)27-30(22,23)26-28(17,18)19)25-9(6)8-3-13-11-10(12)14-5-15-16(8)11/h5-9H,2-4H2,1H3,(H,20,21)(H,22,23)(H2,12,14,15)(H2,17,18,19). The number of fused-ring (bicyclic) bond motifs is 1. The molecule has 0 radical (unpaired) electrons. The second kappa shape index (κ2) is 8.49. The summed E-state index contributed by atoms with van der Waals surface area (Å²) in [6.07, 6.45) is 0.634. The van der Waals surface area contributed by atoms with Crippen molar-refractivity contribution in [3.05, 3.63) is 0 Å². The molecular formula is C11H20N5O11P3. The van der Waals surface area contributed by atoms with Crippen LogP contribution in [0.3, 0.4) is 0 Å². The van der Waals surface area contributed by atoms with E-state index in [1.165, 1.54) is 6.34 Å². The van der Waals surface area contributed by atoms with Crippen LogP contribution in [0.2, 0.25) is 0 Å². The Kier molecular flexibility index (Phi) is 6.69. The van der Waals surface area contributed by atoms with Gasteiger partial charge in [0.2, 0.25) is 0 Å². The molecule has 0 aliphatic carbocycles. The Bertz CT molecular complexity index is 918. The molecular weight excluding hydrogens is 471 g/mol. The number of aliphatic imine (C=N–C) groups is 2. The average molecular weight is 491 g/mol. The van der Waals surface area contributed by atoms with Gasteiger partial charge in [-0.3, -0.25) is 9.52 Å². The number of nitrogens with zero attached hydrogens (tertiary/aromatic N) is 4. The third-order valence-electron chi connectivity index (χ3n) is 4.33. The first kappa shape index (κ1) is 23.6. The van der Waals surface area contributed by atoms with Gasteiger partial charge < -0.3 is 30.0 Å². The summed E-state index contributed by atoms with van der Waals surface area (Å²) in [5.41, 5.74) is 5.78. The molecule has 1 fully saturated rings. The molecule has 3 rings (SSSR count). The monoisotopic (exact) mass is 491 g/mol. The number of nitrogens with two attached hydrogens (primary N) is 1. The van der Waals surface area contributed by atoms with E-state index < -0.39 is 36.2 Å². The van der Waals surface area contributed by atoms with Crippen LogP contribution in [0.1, 0.15) is 13.3 Å². The lowest BCUT2D eigenvalue weighted by Gasteiger charge is -2.30. The Morgan fingerprint density at radius 3 is 2.60 bits per heavy atom. The molecule has 0 aromatic carbocycles. The van der Waals surface area contributed by atoms with Gasteiger partial charge in [0.25, 0.3) is 0 Å². The topological polar surface area (TPSA) is 235 Å². The van der Waals surface area contributed by atoms with Crippen LogP contribution in [-0.2, 0) is 31.6 Å². The molecule has 6 unspecified atom stereocenters. The van der Waals surface area contributed by atoms with Gasteiger partial charge >= 0.3 is 23.5 Å². The van der Waals surface area contributed by atoms with E-state index in [0.717, 1.165) is 0 Å². The number of rotatable bonds is 8. The lowest BCUT2D eigenvalue weighted by atomic mass is 9.96. The number of amidine groups is 2. The van der Waals surface area contributed by atoms with Crippen LogP contribution in [-0.4, -0.2) is 74.0 Å². The van der Waals surface area contributed by atoms with Gasteiger partial charge in [0, 0.05) is 0 Å². The summed E-state index contributed by atoms with van der Waals surface area (Å²) in [5, 5.41) is 5.73. The molecule has 3 aliphatic rings. The van der Waals surface area contributed by atoms with Crippen LogP contribution in [0.5, 0.6) is 0 Å². The Morgan fingerprint density at radius 2 is 1.93 bits per heavy atom. The molecule has 1 saturated heterocycles. The number of hydrogen-bond donors (Lipinski definition) is 5. The molecule has 0 saturated carbocycles. The molecule has 30 heavy (non-hydrogen) atoms. The van der Waals surface area contributed by atoms with E-state index in [1.54, 1.807) is 5.01 Å². The first-order chi connectivity index (χ1) is 13.8. The van der Waals surface area contributed by atoms with Gasteiger partial charge in [-0.25, -0.2) is 23.7 Å². The van der Waals surface area contributed by atoms with Crippen LogP contribution >= 0.6 is 23.5 Å². The van der Waals surface area contributed by atoms with E-state index in [9.17, 15) is 18.6 Å². The molecule has 3 heterocycles. The molecule has 3 aliphatic heterocycles. The van der Waals surface area contributed by atoms with Crippen molar-refractivity contribution in [2.45, 2.75) is 31.6 Å². The molecule has 0 aromatic rings. The summed E-state index contributed by atoms with van der Waals surface area (Å²) < 4.78 is 51.7. The van der Waals surface area contributed by atoms with Gasteiger partial charge in [-0.2, -0.15) is 13.7 Å². The number of phosphoric ester groups is 1. The van der Waals surface area contributed by atoms with Crippen molar-refractivity contribution in [2.75, 3.05) is 13.2 Å². The lowest BCUT2D eigenvalue weighted by molar-refractivity contribution is -0.0214. The summed E-state index contributed by atoms with van der Waals surface area (Å²) in [6.45, 7) is 1.73. The number of hydrogen-bond acceptors (Lipinski definition) is 12. The quantitative estimate of drug-likeness (QED) is 0.270. The summed E-state index contributed by atoms with van der Waals surface area (Å²) in [7, 11) is -16.2. The third kappa shape index (κ3) is 5.81. The normalized spacial score (nSPS) is 32.9. The minimum Gasteiger partial charge on any atom is -0.381 e. The van der Waals surface area contributed by atoms with E-state index in [0.29, 0.717) is 18.8 Å². The van der Waals surface area contributed by atoms with Crippen molar-refractivity contribution in [1.82, 2.24) is 5.01 Å². The highest BCUT2D eigenvalue weighted by Crippen LogP contribution is 2.66. The molecule has 6 N–H and O–H groups in total. The van der Waals surface area contributed by atoms with Crippen molar-refractivity contribution >= 4 is 41.5 Å². The highest BCUT2D eigenvalue weighted by Gasteiger charge is 2.46. The maximum absolute atomic E-state index is 11.8. The largest absolute Gasteiger partial charge is 0.490 e. The highest BCUT2D eigenvalue weighted by molar-refractivity contribution is 7.66. The van der Waals surface area contributed by atoms with Crippen LogP contribution in [0.15, 0.2) is 15.1 Å². The Hall–Kier alpha value is -1.02. The second-order valence-electron chi connectivity index (χ2n) is 6.64. The van der Waals surface area contributed by atoms with Crippen LogP contribution in [0.25, 0.3) is 0 Å². The molecule has 0 spiro atoms. The molecule has 0 bridgehead atoms. The Labute approximate surface area is 169 Å². The summed E-state index contributed by atoms with van der Waals surface area (Å²) >= 11 is 0. The maximum Gasteiger partial charge on any atom is 0.490 e. The third-order valence-corrected chi connectivity index (χ3v) is 8.13. The average Bonchev–Trinajstić information content (AvgIpc) is 3.13. The van der Waals surface area contributed by atoms with Gasteiger partial charge in [-0.15, -0.1) is 0 Å². The van der Waals surface area contributed by atoms with E-state index in [4.69, 9.17) is 25.2 Å².